The Balaban J connectivity index is 2.42. The molecule has 1 unspecified atom stereocenters. The van der Waals surface area contributed by atoms with Crippen molar-refractivity contribution in [3.63, 3.8) is 0 Å². The number of carbonyl (C=O) groups excluding carboxylic acids is 1. The van der Waals surface area contributed by atoms with Crippen molar-refractivity contribution in [1.82, 2.24) is 0 Å². The van der Waals surface area contributed by atoms with Gasteiger partial charge in [-0.1, -0.05) is 50.1 Å². The summed E-state index contributed by atoms with van der Waals surface area (Å²) in [5.41, 5.74) is 0.839. The van der Waals surface area contributed by atoms with E-state index in [-0.39, 0.29) is 10.7 Å². The molecular weight excluding hydrogens is 322 g/mol. The Morgan fingerprint density at radius 2 is 2.00 bits per heavy atom. The van der Waals surface area contributed by atoms with Crippen LogP contribution in [0.4, 0.5) is 5.69 Å². The number of para-hydroxylation sites is 1. The van der Waals surface area contributed by atoms with E-state index in [9.17, 15) is 4.79 Å². The minimum absolute atomic E-state index is 0.0159. The van der Waals surface area contributed by atoms with Crippen molar-refractivity contribution in [3.05, 3.63) is 30.3 Å². The van der Waals surface area contributed by atoms with Crippen LogP contribution in [0.15, 0.2) is 30.3 Å². The summed E-state index contributed by atoms with van der Waals surface area (Å²) < 4.78 is 0. The lowest BCUT2D eigenvalue weighted by atomic mass is 10.2. The molecule has 0 saturated heterocycles. The SMILES string of the molecule is O=C(Nc1ccccc1)C(Br)CCCBr. The Morgan fingerprint density at radius 1 is 1.33 bits per heavy atom. The molecule has 0 aliphatic carbocycles. The number of hydrogen-bond donors (Lipinski definition) is 1. The lowest BCUT2D eigenvalue weighted by molar-refractivity contribution is -0.115. The van der Waals surface area contributed by atoms with Crippen molar-refractivity contribution in [2.75, 3.05) is 10.6 Å². The van der Waals surface area contributed by atoms with Gasteiger partial charge in [0.15, 0.2) is 0 Å². The second kappa shape index (κ2) is 7.01. The van der Waals surface area contributed by atoms with Crippen molar-refractivity contribution >= 4 is 43.5 Å². The van der Waals surface area contributed by atoms with Gasteiger partial charge in [-0.3, -0.25) is 4.79 Å². The van der Waals surface area contributed by atoms with Crippen molar-refractivity contribution in [2.24, 2.45) is 0 Å². The zero-order chi connectivity index (χ0) is 11.1. The molecule has 1 aromatic rings. The quantitative estimate of drug-likeness (QED) is 0.819. The normalized spacial score (nSPS) is 12.1. The molecule has 0 radical (unpaired) electrons. The smallest absolute Gasteiger partial charge is 0.238 e. The second-order valence-electron chi connectivity index (χ2n) is 3.15. The van der Waals surface area contributed by atoms with E-state index in [2.05, 4.69) is 37.2 Å². The topological polar surface area (TPSA) is 29.1 Å². The molecule has 0 bridgehead atoms. The van der Waals surface area contributed by atoms with Gasteiger partial charge in [-0.2, -0.15) is 0 Å². The van der Waals surface area contributed by atoms with Gasteiger partial charge in [0.1, 0.15) is 0 Å². The van der Waals surface area contributed by atoms with E-state index in [0.717, 1.165) is 23.9 Å². The van der Waals surface area contributed by atoms with Crippen LogP contribution >= 0.6 is 31.9 Å². The van der Waals surface area contributed by atoms with E-state index in [0.29, 0.717) is 0 Å². The Labute approximate surface area is 107 Å². The fourth-order valence-electron chi connectivity index (χ4n) is 1.13. The number of hydrogen-bond acceptors (Lipinski definition) is 1. The maximum atomic E-state index is 11.6. The van der Waals surface area contributed by atoms with Crippen LogP contribution in [0.25, 0.3) is 0 Å². The molecule has 0 aliphatic rings. The molecule has 82 valence electrons. The van der Waals surface area contributed by atoms with E-state index >= 15 is 0 Å². The summed E-state index contributed by atoms with van der Waals surface area (Å²) in [5.74, 6) is 0.0159. The predicted molar refractivity (Wildman–Crippen MR) is 70.8 cm³/mol. The van der Waals surface area contributed by atoms with E-state index in [4.69, 9.17) is 0 Å². The lowest BCUT2D eigenvalue weighted by Gasteiger charge is -2.09. The molecule has 2 nitrogen and oxygen atoms in total. The highest BCUT2D eigenvalue weighted by Gasteiger charge is 2.13. The molecule has 0 aliphatic heterocycles. The van der Waals surface area contributed by atoms with E-state index < -0.39 is 0 Å². The Bertz CT molecular complexity index is 303. The van der Waals surface area contributed by atoms with Crippen LogP contribution < -0.4 is 5.32 Å². The number of anilines is 1. The number of amides is 1. The number of alkyl halides is 2. The molecule has 1 amide bonds. The second-order valence-corrected chi connectivity index (χ2v) is 5.05. The number of nitrogens with one attached hydrogen (secondary N) is 1. The average molecular weight is 335 g/mol. The van der Waals surface area contributed by atoms with Gasteiger partial charge in [-0.15, -0.1) is 0 Å². The summed E-state index contributed by atoms with van der Waals surface area (Å²) in [6, 6.07) is 9.48. The van der Waals surface area contributed by atoms with Crippen molar-refractivity contribution < 1.29 is 4.79 Å². The third-order valence-corrected chi connectivity index (χ3v) is 3.35. The van der Waals surface area contributed by atoms with Gasteiger partial charge in [0.2, 0.25) is 5.91 Å². The van der Waals surface area contributed by atoms with Crippen molar-refractivity contribution in [1.29, 1.82) is 0 Å². The Morgan fingerprint density at radius 3 is 2.60 bits per heavy atom. The Kier molecular flexibility index (Phi) is 5.95. The van der Waals surface area contributed by atoms with Gasteiger partial charge < -0.3 is 5.32 Å². The largest absolute Gasteiger partial charge is 0.325 e. The zero-order valence-electron chi connectivity index (χ0n) is 8.25. The molecule has 0 heterocycles. The van der Waals surface area contributed by atoms with Crippen LogP contribution in [0.3, 0.4) is 0 Å². The van der Waals surface area contributed by atoms with Crippen LogP contribution in [0, 0.1) is 0 Å². The molecule has 1 rings (SSSR count). The molecule has 4 heteroatoms. The van der Waals surface area contributed by atoms with Crippen LogP contribution in [0.2, 0.25) is 0 Å². The third-order valence-electron chi connectivity index (χ3n) is 1.92. The summed E-state index contributed by atoms with van der Waals surface area (Å²) in [6.45, 7) is 0. The molecule has 1 atom stereocenters. The van der Waals surface area contributed by atoms with Gasteiger partial charge >= 0.3 is 0 Å². The summed E-state index contributed by atoms with van der Waals surface area (Å²) in [5, 5.41) is 3.77. The van der Waals surface area contributed by atoms with Crippen molar-refractivity contribution in [3.8, 4) is 0 Å². The lowest BCUT2D eigenvalue weighted by Crippen LogP contribution is -2.22. The molecule has 0 aromatic heterocycles. The maximum Gasteiger partial charge on any atom is 0.238 e. The number of carbonyl (C=O) groups is 1. The summed E-state index contributed by atoms with van der Waals surface area (Å²) >= 11 is 6.71. The summed E-state index contributed by atoms with van der Waals surface area (Å²) in [7, 11) is 0. The van der Waals surface area contributed by atoms with E-state index in [1.807, 2.05) is 30.3 Å². The molecule has 0 spiro atoms. The zero-order valence-corrected chi connectivity index (χ0v) is 11.4. The standard InChI is InChI=1S/C11H13Br2NO/c12-8-4-7-10(13)11(15)14-9-5-2-1-3-6-9/h1-3,5-6,10H,4,7-8H2,(H,14,15). The highest BCUT2D eigenvalue weighted by Crippen LogP contribution is 2.13. The van der Waals surface area contributed by atoms with Crippen molar-refractivity contribution in [2.45, 2.75) is 17.7 Å². The molecule has 0 fully saturated rings. The van der Waals surface area contributed by atoms with Crippen LogP contribution in [-0.4, -0.2) is 16.1 Å². The van der Waals surface area contributed by atoms with Gasteiger partial charge in [0.25, 0.3) is 0 Å². The first kappa shape index (κ1) is 12.7. The minimum atomic E-state index is -0.116. The van der Waals surface area contributed by atoms with Gasteiger partial charge in [0, 0.05) is 11.0 Å². The minimum Gasteiger partial charge on any atom is -0.325 e. The molecule has 0 saturated carbocycles. The average Bonchev–Trinajstić information content (AvgIpc) is 2.27. The summed E-state index contributed by atoms with van der Waals surface area (Å²) in [6.07, 6.45) is 1.82. The summed E-state index contributed by atoms with van der Waals surface area (Å²) in [4.78, 5) is 11.5. The first-order valence-electron chi connectivity index (χ1n) is 4.80. The number of rotatable bonds is 5. The fraction of sp³-hybridized carbons (Fsp3) is 0.364. The highest BCUT2D eigenvalue weighted by atomic mass is 79.9. The van der Waals surface area contributed by atoms with Gasteiger partial charge in [-0.05, 0) is 25.0 Å². The first-order valence-corrected chi connectivity index (χ1v) is 6.83. The fourth-order valence-corrected chi connectivity index (χ4v) is 1.89. The maximum absolute atomic E-state index is 11.6. The van der Waals surface area contributed by atoms with E-state index in [1.165, 1.54) is 0 Å². The first-order chi connectivity index (χ1) is 7.24. The van der Waals surface area contributed by atoms with Crippen LogP contribution in [0.1, 0.15) is 12.8 Å². The predicted octanol–water partition coefficient (Wildman–Crippen LogP) is 3.56. The monoisotopic (exact) mass is 333 g/mol. The molecule has 15 heavy (non-hydrogen) atoms. The number of halogens is 2. The van der Waals surface area contributed by atoms with E-state index in [1.54, 1.807) is 0 Å². The van der Waals surface area contributed by atoms with Crippen LogP contribution in [-0.2, 0) is 4.79 Å². The van der Waals surface area contributed by atoms with Gasteiger partial charge in [-0.25, -0.2) is 0 Å². The number of benzene rings is 1. The Hall–Kier alpha value is -0.350. The van der Waals surface area contributed by atoms with Gasteiger partial charge in [0.05, 0.1) is 4.83 Å². The van der Waals surface area contributed by atoms with Crippen LogP contribution in [0.5, 0.6) is 0 Å². The highest BCUT2D eigenvalue weighted by molar-refractivity contribution is 9.10. The molecule has 1 N–H and O–H groups in total. The molecular formula is C11H13Br2NO. The third kappa shape index (κ3) is 4.80. The molecule has 1 aromatic carbocycles.